The summed E-state index contributed by atoms with van der Waals surface area (Å²) in [7, 11) is 0. The molecule has 0 bridgehead atoms. The first kappa shape index (κ1) is 16.2. The van der Waals surface area contributed by atoms with Crippen molar-refractivity contribution in [2.45, 2.75) is 0 Å². The van der Waals surface area contributed by atoms with Crippen LogP contribution >= 0.6 is 27.5 Å². The average Bonchev–Trinajstić information content (AvgIpc) is 2.56. The number of anilines is 2. The Morgan fingerprint density at radius 1 is 1.26 bits per heavy atom. The molecule has 7 heteroatoms. The molecule has 1 N–H and O–H groups in total. The minimum absolute atomic E-state index is 0.228. The van der Waals surface area contributed by atoms with Gasteiger partial charge in [-0.15, -0.1) is 0 Å². The second-order valence-electron chi connectivity index (χ2n) is 5.11. The van der Waals surface area contributed by atoms with E-state index >= 15 is 0 Å². The predicted molar refractivity (Wildman–Crippen MR) is 94.4 cm³/mol. The lowest BCUT2D eigenvalue weighted by molar-refractivity contribution is 0.102. The minimum Gasteiger partial charge on any atom is -0.378 e. The molecular formula is C16H15BrClN3O2. The van der Waals surface area contributed by atoms with Crippen molar-refractivity contribution in [2.75, 3.05) is 36.5 Å². The van der Waals surface area contributed by atoms with Crippen LogP contribution in [0.25, 0.3) is 0 Å². The molecule has 23 heavy (non-hydrogen) atoms. The quantitative estimate of drug-likeness (QED) is 0.861. The molecule has 1 aromatic heterocycles. The Balaban J connectivity index is 1.73. The van der Waals surface area contributed by atoms with Gasteiger partial charge in [-0.1, -0.05) is 11.6 Å². The number of rotatable bonds is 3. The van der Waals surface area contributed by atoms with Crippen LogP contribution in [0.5, 0.6) is 0 Å². The monoisotopic (exact) mass is 395 g/mol. The van der Waals surface area contributed by atoms with Gasteiger partial charge in [0.05, 0.1) is 29.5 Å². The fourth-order valence-corrected chi connectivity index (χ4v) is 3.05. The number of pyridine rings is 1. The van der Waals surface area contributed by atoms with E-state index in [1.54, 1.807) is 18.3 Å². The summed E-state index contributed by atoms with van der Waals surface area (Å²) >= 11 is 9.67. The maximum atomic E-state index is 12.2. The van der Waals surface area contributed by atoms with Crippen LogP contribution in [0.4, 0.5) is 11.4 Å². The van der Waals surface area contributed by atoms with E-state index in [-0.39, 0.29) is 5.91 Å². The van der Waals surface area contributed by atoms with Crippen molar-refractivity contribution in [2.24, 2.45) is 0 Å². The van der Waals surface area contributed by atoms with Gasteiger partial charge in [-0.2, -0.15) is 0 Å². The van der Waals surface area contributed by atoms with Crippen LogP contribution in [-0.4, -0.2) is 37.2 Å². The molecule has 0 unspecified atom stereocenters. The number of amides is 1. The molecule has 0 atom stereocenters. The van der Waals surface area contributed by atoms with Gasteiger partial charge in [-0.25, -0.2) is 0 Å². The highest BCUT2D eigenvalue weighted by molar-refractivity contribution is 9.10. The number of carbonyl (C=O) groups is 1. The lowest BCUT2D eigenvalue weighted by atomic mass is 10.2. The van der Waals surface area contributed by atoms with Gasteiger partial charge in [0.15, 0.2) is 0 Å². The van der Waals surface area contributed by atoms with Crippen molar-refractivity contribution >= 4 is 44.8 Å². The third kappa shape index (κ3) is 4.02. The van der Waals surface area contributed by atoms with Gasteiger partial charge in [-0.05, 0) is 40.2 Å². The Kier molecular flexibility index (Phi) is 5.15. The van der Waals surface area contributed by atoms with Crippen LogP contribution in [0.3, 0.4) is 0 Å². The van der Waals surface area contributed by atoms with E-state index in [1.807, 2.05) is 12.1 Å². The molecule has 1 amide bonds. The number of carbonyl (C=O) groups excluding carboxylic acids is 1. The first-order chi connectivity index (χ1) is 11.1. The molecule has 1 saturated heterocycles. The van der Waals surface area contributed by atoms with E-state index in [2.05, 4.69) is 31.1 Å². The zero-order valence-corrected chi connectivity index (χ0v) is 14.6. The van der Waals surface area contributed by atoms with Gasteiger partial charge in [0, 0.05) is 35.6 Å². The predicted octanol–water partition coefficient (Wildman–Crippen LogP) is 3.59. The third-order valence-electron chi connectivity index (χ3n) is 3.52. The van der Waals surface area contributed by atoms with Crippen LogP contribution < -0.4 is 10.2 Å². The SMILES string of the molecule is O=C(Nc1ccc(N2CCOCC2)c(Cl)c1)c1cncc(Br)c1. The van der Waals surface area contributed by atoms with Gasteiger partial charge in [0.2, 0.25) is 0 Å². The topological polar surface area (TPSA) is 54.5 Å². The maximum Gasteiger partial charge on any atom is 0.257 e. The molecule has 1 fully saturated rings. The summed E-state index contributed by atoms with van der Waals surface area (Å²) in [6.45, 7) is 3.03. The Morgan fingerprint density at radius 3 is 2.74 bits per heavy atom. The fraction of sp³-hybridized carbons (Fsp3) is 0.250. The Hall–Kier alpha value is -1.63. The molecule has 3 rings (SSSR count). The van der Waals surface area contributed by atoms with Crippen LogP contribution in [0.1, 0.15) is 10.4 Å². The molecule has 120 valence electrons. The Bertz CT molecular complexity index is 720. The van der Waals surface area contributed by atoms with Crippen molar-refractivity contribution < 1.29 is 9.53 Å². The number of nitrogens with one attached hydrogen (secondary N) is 1. The summed E-state index contributed by atoms with van der Waals surface area (Å²) in [5.41, 5.74) is 2.09. The fourth-order valence-electron chi connectivity index (χ4n) is 2.38. The smallest absolute Gasteiger partial charge is 0.257 e. The van der Waals surface area contributed by atoms with E-state index in [9.17, 15) is 4.79 Å². The maximum absolute atomic E-state index is 12.2. The largest absolute Gasteiger partial charge is 0.378 e. The summed E-state index contributed by atoms with van der Waals surface area (Å²) in [4.78, 5) is 18.4. The van der Waals surface area contributed by atoms with Gasteiger partial charge < -0.3 is 15.0 Å². The number of benzene rings is 1. The van der Waals surface area contributed by atoms with Crippen LogP contribution in [0, 0.1) is 0 Å². The van der Waals surface area contributed by atoms with Crippen molar-refractivity contribution in [3.8, 4) is 0 Å². The zero-order chi connectivity index (χ0) is 16.2. The van der Waals surface area contributed by atoms with E-state index in [1.165, 1.54) is 6.20 Å². The van der Waals surface area contributed by atoms with Gasteiger partial charge in [0.1, 0.15) is 0 Å². The standard InChI is InChI=1S/C16H15BrClN3O2/c17-12-7-11(9-19-10-12)16(22)20-13-1-2-15(14(18)8-13)21-3-5-23-6-4-21/h1-2,7-10H,3-6H2,(H,20,22). The second-order valence-corrected chi connectivity index (χ2v) is 6.43. The molecule has 2 aromatic rings. The number of halogens is 2. The number of morpholine rings is 1. The highest BCUT2D eigenvalue weighted by atomic mass is 79.9. The first-order valence-corrected chi connectivity index (χ1v) is 8.35. The molecule has 0 spiro atoms. The third-order valence-corrected chi connectivity index (χ3v) is 4.26. The van der Waals surface area contributed by atoms with Crippen LogP contribution in [-0.2, 0) is 4.74 Å². The molecule has 0 radical (unpaired) electrons. The van der Waals surface area contributed by atoms with Gasteiger partial charge in [0.25, 0.3) is 5.91 Å². The molecule has 5 nitrogen and oxygen atoms in total. The summed E-state index contributed by atoms with van der Waals surface area (Å²) in [5.74, 6) is -0.228. The van der Waals surface area contributed by atoms with Gasteiger partial charge >= 0.3 is 0 Å². The highest BCUT2D eigenvalue weighted by Gasteiger charge is 2.15. The molecular weight excluding hydrogens is 382 g/mol. The Labute approximate surface area is 147 Å². The first-order valence-electron chi connectivity index (χ1n) is 7.17. The van der Waals surface area contributed by atoms with Crippen molar-refractivity contribution in [3.05, 3.63) is 51.7 Å². The number of nitrogens with zero attached hydrogens (tertiary/aromatic N) is 2. The highest BCUT2D eigenvalue weighted by Crippen LogP contribution is 2.29. The number of hydrogen-bond acceptors (Lipinski definition) is 4. The van der Waals surface area contributed by atoms with Crippen molar-refractivity contribution in [1.82, 2.24) is 4.98 Å². The molecule has 1 aliphatic heterocycles. The lowest BCUT2D eigenvalue weighted by Gasteiger charge is -2.29. The minimum atomic E-state index is -0.228. The normalized spacial score (nSPS) is 14.6. The van der Waals surface area contributed by atoms with Gasteiger partial charge in [-0.3, -0.25) is 9.78 Å². The number of hydrogen-bond donors (Lipinski definition) is 1. The van der Waals surface area contributed by atoms with E-state index < -0.39 is 0 Å². The Morgan fingerprint density at radius 2 is 2.04 bits per heavy atom. The van der Waals surface area contributed by atoms with E-state index in [4.69, 9.17) is 16.3 Å². The summed E-state index contributed by atoms with van der Waals surface area (Å²) in [6.07, 6.45) is 3.15. The zero-order valence-electron chi connectivity index (χ0n) is 12.3. The molecule has 0 saturated carbocycles. The molecule has 2 heterocycles. The number of aromatic nitrogens is 1. The summed E-state index contributed by atoms with van der Waals surface area (Å²) in [5, 5.41) is 3.44. The molecule has 1 aliphatic rings. The summed E-state index contributed by atoms with van der Waals surface area (Å²) < 4.78 is 6.10. The molecule has 1 aromatic carbocycles. The second kappa shape index (κ2) is 7.29. The van der Waals surface area contributed by atoms with Crippen molar-refractivity contribution in [3.63, 3.8) is 0 Å². The van der Waals surface area contributed by atoms with Crippen LogP contribution in [0.2, 0.25) is 5.02 Å². The van der Waals surface area contributed by atoms with E-state index in [0.717, 1.165) is 23.2 Å². The average molecular weight is 397 g/mol. The van der Waals surface area contributed by atoms with E-state index in [0.29, 0.717) is 29.5 Å². The number of ether oxygens (including phenoxy) is 1. The van der Waals surface area contributed by atoms with Crippen molar-refractivity contribution in [1.29, 1.82) is 0 Å². The molecule has 0 aliphatic carbocycles. The summed E-state index contributed by atoms with van der Waals surface area (Å²) in [6, 6.07) is 7.24. The van der Waals surface area contributed by atoms with Crippen LogP contribution in [0.15, 0.2) is 41.1 Å². The lowest BCUT2D eigenvalue weighted by Crippen LogP contribution is -2.36.